The molecule has 0 aromatic rings. The first-order chi connectivity index (χ1) is 6.45. The normalized spacial score (nSPS) is 10.4. The molecule has 0 unspecified atom stereocenters. The SMILES string of the molecule is CC(C)C(=O)OCCOC(=O)C(F)F. The van der Waals surface area contributed by atoms with Gasteiger partial charge in [-0.25, -0.2) is 4.79 Å². The van der Waals surface area contributed by atoms with Gasteiger partial charge in [0, 0.05) is 0 Å². The topological polar surface area (TPSA) is 52.6 Å². The first-order valence-electron chi connectivity index (χ1n) is 4.06. The zero-order valence-electron chi connectivity index (χ0n) is 7.96. The average molecular weight is 210 g/mol. The van der Waals surface area contributed by atoms with Crippen molar-refractivity contribution in [2.45, 2.75) is 20.3 Å². The van der Waals surface area contributed by atoms with Gasteiger partial charge in [0.1, 0.15) is 13.2 Å². The molecule has 0 N–H and O–H groups in total. The van der Waals surface area contributed by atoms with Gasteiger partial charge in [-0.05, 0) is 0 Å². The van der Waals surface area contributed by atoms with E-state index in [-0.39, 0.29) is 19.1 Å². The van der Waals surface area contributed by atoms with Gasteiger partial charge < -0.3 is 9.47 Å². The molecule has 82 valence electrons. The monoisotopic (exact) mass is 210 g/mol. The number of hydrogen-bond acceptors (Lipinski definition) is 4. The van der Waals surface area contributed by atoms with Gasteiger partial charge in [0.15, 0.2) is 0 Å². The maximum absolute atomic E-state index is 11.6. The van der Waals surface area contributed by atoms with Crippen molar-refractivity contribution in [2.75, 3.05) is 13.2 Å². The summed E-state index contributed by atoms with van der Waals surface area (Å²) in [6.07, 6.45) is -3.14. The summed E-state index contributed by atoms with van der Waals surface area (Å²) >= 11 is 0. The largest absolute Gasteiger partial charge is 0.462 e. The lowest BCUT2D eigenvalue weighted by molar-refractivity contribution is -0.161. The lowest BCUT2D eigenvalue weighted by Gasteiger charge is -2.07. The van der Waals surface area contributed by atoms with Crippen molar-refractivity contribution in [1.82, 2.24) is 0 Å². The van der Waals surface area contributed by atoms with Crippen LogP contribution in [0.1, 0.15) is 13.8 Å². The first-order valence-corrected chi connectivity index (χ1v) is 4.06. The van der Waals surface area contributed by atoms with Gasteiger partial charge in [0.25, 0.3) is 0 Å². The number of rotatable bonds is 5. The fraction of sp³-hybridized carbons (Fsp3) is 0.750. The van der Waals surface area contributed by atoms with E-state index in [0.29, 0.717) is 0 Å². The van der Waals surface area contributed by atoms with Crippen molar-refractivity contribution in [1.29, 1.82) is 0 Å². The van der Waals surface area contributed by atoms with E-state index in [1.165, 1.54) is 0 Å². The van der Waals surface area contributed by atoms with Gasteiger partial charge in [-0.3, -0.25) is 4.79 Å². The Labute approximate surface area is 80.2 Å². The van der Waals surface area contributed by atoms with E-state index < -0.39 is 18.4 Å². The van der Waals surface area contributed by atoms with E-state index in [1.807, 2.05) is 0 Å². The van der Waals surface area contributed by atoms with E-state index in [2.05, 4.69) is 9.47 Å². The molecule has 0 rings (SSSR count). The third-order valence-corrected chi connectivity index (χ3v) is 1.22. The van der Waals surface area contributed by atoms with E-state index >= 15 is 0 Å². The highest BCUT2D eigenvalue weighted by Gasteiger charge is 2.16. The zero-order chi connectivity index (χ0) is 11.1. The molecule has 0 spiro atoms. The Morgan fingerprint density at radius 2 is 1.50 bits per heavy atom. The van der Waals surface area contributed by atoms with Crippen molar-refractivity contribution in [3.8, 4) is 0 Å². The standard InChI is InChI=1S/C8H12F2O4/c1-5(2)7(11)13-3-4-14-8(12)6(9)10/h5-6H,3-4H2,1-2H3. The van der Waals surface area contributed by atoms with Gasteiger partial charge in [-0.2, -0.15) is 8.78 Å². The molecule has 4 nitrogen and oxygen atoms in total. The van der Waals surface area contributed by atoms with Gasteiger partial charge >= 0.3 is 18.4 Å². The minimum Gasteiger partial charge on any atom is -0.462 e. The number of ether oxygens (including phenoxy) is 2. The Morgan fingerprint density at radius 3 is 1.86 bits per heavy atom. The lowest BCUT2D eigenvalue weighted by Crippen LogP contribution is -2.20. The second-order valence-corrected chi connectivity index (χ2v) is 2.79. The Bertz CT molecular complexity index is 182. The molecule has 0 bridgehead atoms. The molecule has 0 atom stereocenters. The summed E-state index contributed by atoms with van der Waals surface area (Å²) in [7, 11) is 0. The van der Waals surface area contributed by atoms with E-state index in [9.17, 15) is 18.4 Å². The maximum Gasteiger partial charge on any atom is 0.373 e. The highest BCUT2D eigenvalue weighted by atomic mass is 19.3. The molecular weight excluding hydrogens is 198 g/mol. The lowest BCUT2D eigenvalue weighted by atomic mass is 10.2. The molecule has 0 amide bonds. The third-order valence-electron chi connectivity index (χ3n) is 1.22. The minimum atomic E-state index is -3.14. The smallest absolute Gasteiger partial charge is 0.373 e. The van der Waals surface area contributed by atoms with Crippen LogP contribution in [-0.2, 0) is 19.1 Å². The summed E-state index contributed by atoms with van der Waals surface area (Å²) in [6.45, 7) is 2.72. The fourth-order valence-corrected chi connectivity index (χ4v) is 0.514. The van der Waals surface area contributed by atoms with Crippen LogP contribution in [0.25, 0.3) is 0 Å². The molecule has 14 heavy (non-hydrogen) atoms. The Kier molecular flexibility index (Phi) is 5.74. The Hall–Kier alpha value is -1.20. The van der Waals surface area contributed by atoms with Gasteiger partial charge in [0.05, 0.1) is 5.92 Å². The van der Waals surface area contributed by atoms with Crippen LogP contribution in [0.3, 0.4) is 0 Å². The molecular formula is C8H12F2O4. The van der Waals surface area contributed by atoms with Crippen LogP contribution in [-0.4, -0.2) is 31.6 Å². The first kappa shape index (κ1) is 12.8. The number of carbonyl (C=O) groups excluding carboxylic acids is 2. The van der Waals surface area contributed by atoms with Crippen molar-refractivity contribution in [3.63, 3.8) is 0 Å². The number of hydrogen-bond donors (Lipinski definition) is 0. The number of carbonyl (C=O) groups is 2. The summed E-state index contributed by atoms with van der Waals surface area (Å²) in [5.41, 5.74) is 0. The van der Waals surface area contributed by atoms with Crippen molar-refractivity contribution in [2.24, 2.45) is 5.92 Å². The van der Waals surface area contributed by atoms with Crippen molar-refractivity contribution >= 4 is 11.9 Å². The second kappa shape index (κ2) is 6.28. The van der Waals surface area contributed by atoms with Gasteiger partial charge in [0.2, 0.25) is 0 Å². The van der Waals surface area contributed by atoms with Crippen LogP contribution in [0, 0.1) is 5.92 Å². The molecule has 0 saturated carbocycles. The quantitative estimate of drug-likeness (QED) is 0.501. The number of esters is 2. The molecule has 0 heterocycles. The van der Waals surface area contributed by atoms with E-state index in [0.717, 1.165) is 0 Å². The Morgan fingerprint density at radius 1 is 1.07 bits per heavy atom. The average Bonchev–Trinajstić information content (AvgIpc) is 2.11. The summed E-state index contributed by atoms with van der Waals surface area (Å²) in [4.78, 5) is 21.0. The highest BCUT2D eigenvalue weighted by Crippen LogP contribution is 1.97. The second-order valence-electron chi connectivity index (χ2n) is 2.79. The predicted molar refractivity (Wildman–Crippen MR) is 42.8 cm³/mol. The molecule has 0 aliphatic carbocycles. The molecule has 0 radical (unpaired) electrons. The van der Waals surface area contributed by atoms with Crippen molar-refractivity contribution in [3.05, 3.63) is 0 Å². The fourth-order valence-electron chi connectivity index (χ4n) is 0.514. The highest BCUT2D eigenvalue weighted by molar-refractivity contribution is 5.73. The molecule has 0 saturated heterocycles. The summed E-state index contributed by atoms with van der Waals surface area (Å²) < 4.78 is 31.8. The predicted octanol–water partition coefficient (Wildman–Crippen LogP) is 0.994. The van der Waals surface area contributed by atoms with Gasteiger partial charge in [-0.1, -0.05) is 13.8 Å². The van der Waals surface area contributed by atoms with Crippen LogP contribution in [0.15, 0.2) is 0 Å². The van der Waals surface area contributed by atoms with Crippen LogP contribution in [0.5, 0.6) is 0 Å². The Balaban J connectivity index is 3.48. The molecule has 0 fully saturated rings. The van der Waals surface area contributed by atoms with Crippen LogP contribution < -0.4 is 0 Å². The third kappa shape index (κ3) is 5.45. The zero-order valence-corrected chi connectivity index (χ0v) is 7.96. The summed E-state index contributed by atoms with van der Waals surface area (Å²) in [5, 5.41) is 0. The molecule has 0 aromatic carbocycles. The molecule has 0 aliphatic heterocycles. The maximum atomic E-state index is 11.6. The van der Waals surface area contributed by atoms with Crippen LogP contribution in [0.4, 0.5) is 8.78 Å². The number of halogens is 2. The number of alkyl halides is 2. The summed E-state index contributed by atoms with van der Waals surface area (Å²) in [6, 6.07) is 0. The molecule has 6 heteroatoms. The van der Waals surface area contributed by atoms with E-state index in [1.54, 1.807) is 13.8 Å². The van der Waals surface area contributed by atoms with E-state index in [4.69, 9.17) is 0 Å². The van der Waals surface area contributed by atoms with Crippen molar-refractivity contribution < 1.29 is 27.8 Å². The summed E-state index contributed by atoms with van der Waals surface area (Å²) in [5.74, 6) is -2.36. The minimum absolute atomic E-state index is 0.199. The van der Waals surface area contributed by atoms with Crippen LogP contribution in [0.2, 0.25) is 0 Å². The molecule has 0 aliphatic rings. The van der Waals surface area contributed by atoms with Gasteiger partial charge in [-0.15, -0.1) is 0 Å². The van der Waals surface area contributed by atoms with Crippen LogP contribution >= 0.6 is 0 Å². The molecule has 0 aromatic heterocycles.